The average molecular weight is 886 g/mol. The van der Waals surface area contributed by atoms with Gasteiger partial charge in [-0.15, -0.1) is 11.3 Å². The molecule has 0 saturated carbocycles. The first-order valence-electron chi connectivity index (χ1n) is 22.8. The molecule has 0 atom stereocenters. The molecule has 5 aromatic heterocycles. The maximum absolute atomic E-state index is 6.84. The molecule has 0 aliphatic heterocycles. The maximum Gasteiger partial charge on any atom is 0.164 e. The van der Waals surface area contributed by atoms with Crippen molar-refractivity contribution in [3.63, 3.8) is 0 Å². The highest BCUT2D eigenvalue weighted by molar-refractivity contribution is 7.25. The van der Waals surface area contributed by atoms with Crippen LogP contribution >= 0.6 is 11.3 Å². The van der Waals surface area contributed by atoms with Crippen molar-refractivity contribution in [2.45, 2.75) is 0 Å². The molecule has 68 heavy (non-hydrogen) atoms. The first kappa shape index (κ1) is 37.3. The third-order valence-corrected chi connectivity index (χ3v) is 14.9. The minimum Gasteiger partial charge on any atom is -0.456 e. The Balaban J connectivity index is 1.06. The van der Waals surface area contributed by atoms with E-state index in [0.29, 0.717) is 17.5 Å². The van der Waals surface area contributed by atoms with Crippen molar-refractivity contribution in [3.8, 4) is 45.5 Å². The van der Waals surface area contributed by atoms with Crippen LogP contribution in [0.5, 0.6) is 0 Å². The molecule has 0 spiro atoms. The van der Waals surface area contributed by atoms with E-state index in [2.05, 4.69) is 215 Å². The SMILES string of the molecule is c1ccc(-n2c3ccccc3c3c(-c4nc(-c5cc(-n6c7ccccc7c7cc8ccccc8cc76)c6c(c5)oc5ccccc56)nc(-c5cccc6sc7ccccc7c56)n4)cccc32)cc1. The third kappa shape index (κ3) is 5.42. The van der Waals surface area contributed by atoms with Gasteiger partial charge in [-0.05, 0) is 83.6 Å². The van der Waals surface area contributed by atoms with Crippen LogP contribution < -0.4 is 0 Å². The van der Waals surface area contributed by atoms with Crippen LogP contribution in [0.25, 0.3) is 142 Å². The molecule has 0 radical (unpaired) electrons. The highest BCUT2D eigenvalue weighted by Gasteiger charge is 2.24. The zero-order valence-electron chi connectivity index (χ0n) is 36.3. The molecule has 15 aromatic rings. The predicted octanol–water partition coefficient (Wildman–Crippen LogP) is 16.5. The summed E-state index contributed by atoms with van der Waals surface area (Å²) >= 11 is 1.79. The highest BCUT2D eigenvalue weighted by Crippen LogP contribution is 2.45. The van der Waals surface area contributed by atoms with Gasteiger partial charge < -0.3 is 13.6 Å². The number of aromatic nitrogens is 5. The van der Waals surface area contributed by atoms with Crippen LogP contribution in [0, 0.1) is 0 Å². The number of furan rings is 1. The fourth-order valence-corrected chi connectivity index (χ4v) is 12.0. The molecule has 0 fully saturated rings. The summed E-state index contributed by atoms with van der Waals surface area (Å²) in [6.07, 6.45) is 0. The van der Waals surface area contributed by atoms with Crippen LogP contribution in [-0.4, -0.2) is 24.1 Å². The van der Waals surface area contributed by atoms with Crippen molar-refractivity contribution in [3.05, 3.63) is 212 Å². The molecule has 0 bridgehead atoms. The van der Waals surface area contributed by atoms with E-state index in [0.717, 1.165) is 88.2 Å². The van der Waals surface area contributed by atoms with E-state index in [1.165, 1.54) is 36.3 Å². The van der Waals surface area contributed by atoms with Crippen molar-refractivity contribution in [1.82, 2.24) is 24.1 Å². The van der Waals surface area contributed by atoms with Crippen LogP contribution in [0.3, 0.4) is 0 Å². The van der Waals surface area contributed by atoms with E-state index >= 15 is 0 Å². The molecule has 0 N–H and O–H groups in total. The molecule has 7 heteroatoms. The van der Waals surface area contributed by atoms with Crippen LogP contribution in [0.15, 0.2) is 217 Å². The summed E-state index contributed by atoms with van der Waals surface area (Å²) in [7, 11) is 0. The van der Waals surface area contributed by atoms with Crippen LogP contribution in [0.2, 0.25) is 0 Å². The molecule has 6 nitrogen and oxygen atoms in total. The molecule has 10 aromatic carbocycles. The average Bonchev–Trinajstić information content (AvgIpc) is 4.15. The van der Waals surface area contributed by atoms with E-state index in [-0.39, 0.29) is 0 Å². The fraction of sp³-hybridized carbons (Fsp3) is 0. The number of fused-ring (bicyclic) bond motifs is 13. The summed E-state index contributed by atoms with van der Waals surface area (Å²) in [5.41, 5.74) is 10.8. The number of benzene rings is 10. The largest absolute Gasteiger partial charge is 0.456 e. The van der Waals surface area contributed by atoms with E-state index < -0.39 is 0 Å². The quantitative estimate of drug-likeness (QED) is 0.173. The second kappa shape index (κ2) is 14.3. The Kier molecular flexibility index (Phi) is 7.85. The Morgan fingerprint density at radius 3 is 1.78 bits per heavy atom. The third-order valence-electron chi connectivity index (χ3n) is 13.7. The molecule has 0 unspecified atom stereocenters. The van der Waals surface area contributed by atoms with Gasteiger partial charge in [0.15, 0.2) is 17.5 Å². The van der Waals surface area contributed by atoms with Crippen LogP contribution in [0.1, 0.15) is 0 Å². The topological polar surface area (TPSA) is 61.7 Å². The molecular weight excluding hydrogens is 851 g/mol. The fourth-order valence-electron chi connectivity index (χ4n) is 10.8. The normalized spacial score (nSPS) is 12.1. The van der Waals surface area contributed by atoms with Gasteiger partial charge in [-0.1, -0.05) is 140 Å². The number of thiophene rings is 1. The Labute approximate surface area is 392 Å². The lowest BCUT2D eigenvalue weighted by Gasteiger charge is -2.14. The smallest absolute Gasteiger partial charge is 0.164 e. The molecule has 316 valence electrons. The van der Waals surface area contributed by atoms with Gasteiger partial charge in [0.1, 0.15) is 11.2 Å². The van der Waals surface area contributed by atoms with Crippen LogP contribution in [0.4, 0.5) is 0 Å². The second-order valence-corrected chi connectivity index (χ2v) is 18.6. The summed E-state index contributed by atoms with van der Waals surface area (Å²) in [5.74, 6) is 1.76. The van der Waals surface area contributed by atoms with Gasteiger partial charge in [0.25, 0.3) is 0 Å². The van der Waals surface area contributed by atoms with Gasteiger partial charge in [-0.3, -0.25) is 0 Å². The van der Waals surface area contributed by atoms with Crippen LogP contribution in [-0.2, 0) is 0 Å². The minimum absolute atomic E-state index is 0.556. The van der Waals surface area contributed by atoms with E-state index in [9.17, 15) is 0 Å². The number of hydrogen-bond donors (Lipinski definition) is 0. The highest BCUT2D eigenvalue weighted by atomic mass is 32.1. The Morgan fingerprint density at radius 1 is 0.353 bits per heavy atom. The Bertz CT molecular complexity index is 4580. The van der Waals surface area contributed by atoms with E-state index in [1.807, 2.05) is 6.07 Å². The van der Waals surface area contributed by atoms with E-state index in [1.54, 1.807) is 11.3 Å². The summed E-state index contributed by atoms with van der Waals surface area (Å²) in [6.45, 7) is 0. The molecule has 5 heterocycles. The summed E-state index contributed by atoms with van der Waals surface area (Å²) in [5, 5.41) is 11.4. The van der Waals surface area contributed by atoms with Crippen molar-refractivity contribution in [1.29, 1.82) is 0 Å². The van der Waals surface area contributed by atoms with Gasteiger partial charge >= 0.3 is 0 Å². The van der Waals surface area contributed by atoms with Crippen molar-refractivity contribution < 1.29 is 4.42 Å². The van der Waals surface area contributed by atoms with Crippen molar-refractivity contribution in [2.75, 3.05) is 0 Å². The Hall–Kier alpha value is -8.91. The predicted molar refractivity (Wildman–Crippen MR) is 282 cm³/mol. The maximum atomic E-state index is 6.84. The van der Waals surface area contributed by atoms with Crippen molar-refractivity contribution in [2.24, 2.45) is 0 Å². The second-order valence-electron chi connectivity index (χ2n) is 17.5. The first-order valence-corrected chi connectivity index (χ1v) is 23.7. The zero-order chi connectivity index (χ0) is 44.5. The number of nitrogens with zero attached hydrogens (tertiary/aromatic N) is 5. The van der Waals surface area contributed by atoms with Gasteiger partial charge in [0.2, 0.25) is 0 Å². The van der Waals surface area contributed by atoms with Gasteiger partial charge in [0.05, 0.1) is 33.1 Å². The zero-order valence-corrected chi connectivity index (χ0v) is 37.1. The molecule has 0 saturated heterocycles. The molecule has 15 rings (SSSR count). The summed E-state index contributed by atoms with van der Waals surface area (Å²) < 4.78 is 14.0. The Morgan fingerprint density at radius 2 is 0.956 bits per heavy atom. The lowest BCUT2D eigenvalue weighted by atomic mass is 10.0. The lowest BCUT2D eigenvalue weighted by molar-refractivity contribution is 0.669. The number of rotatable bonds is 5. The molecular formula is C61H35N5OS. The van der Waals surface area contributed by atoms with Crippen molar-refractivity contribution >= 4 is 108 Å². The molecule has 0 amide bonds. The first-order chi connectivity index (χ1) is 33.7. The van der Waals surface area contributed by atoms with Gasteiger partial charge in [-0.25, -0.2) is 15.0 Å². The van der Waals surface area contributed by atoms with E-state index in [4.69, 9.17) is 19.4 Å². The standard InChI is InChI=1S/C61H35N5OS/c1-2-18-39(19-3-1)65-48-27-11-7-21-41(48)56-44(24-14-28-49(56)65)60-62-59(63-61(64-60)45-25-15-31-55-57(45)43-23-9-13-30-54(43)68-55)38-34-51(58-42-22-8-12-29-52(42)67-53(58)35-38)66-47-26-10-6-20-40(47)46-32-36-16-4-5-17-37(36)33-50(46)66/h1-35H. The lowest BCUT2D eigenvalue weighted by Crippen LogP contribution is -2.02. The van der Waals surface area contributed by atoms with Gasteiger partial charge in [-0.2, -0.15) is 0 Å². The summed E-state index contributed by atoms with van der Waals surface area (Å²) in [6, 6.07) is 75.4. The minimum atomic E-state index is 0.556. The molecule has 0 aliphatic rings. The monoisotopic (exact) mass is 885 g/mol. The number of para-hydroxylation sites is 4. The van der Waals surface area contributed by atoms with Gasteiger partial charge in [0, 0.05) is 69.5 Å². The number of hydrogen-bond acceptors (Lipinski definition) is 5. The molecule has 0 aliphatic carbocycles. The summed E-state index contributed by atoms with van der Waals surface area (Å²) in [4.78, 5) is 16.5.